The first kappa shape index (κ1) is 12.6. The highest BCUT2D eigenvalue weighted by Gasteiger charge is 2.40. The van der Waals surface area contributed by atoms with Gasteiger partial charge in [0.05, 0.1) is 16.3 Å². The van der Waals surface area contributed by atoms with Crippen molar-refractivity contribution in [3.63, 3.8) is 0 Å². The molecule has 94 valence electrons. The van der Waals surface area contributed by atoms with E-state index in [-0.39, 0.29) is 22.7 Å². The number of fused-ring (bicyclic) bond motifs is 1. The average molecular weight is 268 g/mol. The third kappa shape index (κ3) is 1.97. The summed E-state index contributed by atoms with van der Waals surface area (Å²) in [6.45, 7) is 1.81. The molecular formula is C12H10ClNO4. The molecule has 0 aromatic heterocycles. The molecule has 5 nitrogen and oxygen atoms in total. The topological polar surface area (TPSA) is 63.7 Å². The van der Waals surface area contributed by atoms with Gasteiger partial charge < -0.3 is 4.84 Å². The van der Waals surface area contributed by atoms with E-state index in [2.05, 4.69) is 0 Å². The number of hydroxylamine groups is 1. The molecule has 0 bridgehead atoms. The molecule has 18 heavy (non-hydrogen) atoms. The van der Waals surface area contributed by atoms with Gasteiger partial charge in [-0.15, -0.1) is 5.06 Å². The summed E-state index contributed by atoms with van der Waals surface area (Å²) in [6.07, 6.45) is 0.769. The van der Waals surface area contributed by atoms with Crippen molar-refractivity contribution >= 4 is 34.9 Å². The summed E-state index contributed by atoms with van der Waals surface area (Å²) in [6, 6.07) is 4.58. The maximum atomic E-state index is 11.7. The lowest BCUT2D eigenvalue weighted by Crippen LogP contribution is -2.32. The molecule has 0 radical (unpaired) electrons. The lowest BCUT2D eigenvalue weighted by atomic mass is 10.1. The lowest BCUT2D eigenvalue weighted by molar-refractivity contribution is -0.149. The zero-order valence-corrected chi connectivity index (χ0v) is 10.4. The summed E-state index contributed by atoms with van der Waals surface area (Å²) in [5, 5.41) is 0.876. The molecular weight excluding hydrogens is 258 g/mol. The number of Topliss-reactive ketones (excluding diaryl/α,β-unsaturated/α-hetero) is 1. The van der Waals surface area contributed by atoms with E-state index in [0.29, 0.717) is 11.5 Å². The van der Waals surface area contributed by atoms with Crippen LogP contribution >= 0.6 is 11.6 Å². The summed E-state index contributed by atoms with van der Waals surface area (Å²) >= 11 is 5.85. The van der Waals surface area contributed by atoms with E-state index in [1.165, 1.54) is 12.1 Å². The second kappa shape index (κ2) is 4.78. The predicted octanol–water partition coefficient (Wildman–Crippen LogP) is 2.13. The fraction of sp³-hybridized carbons (Fsp3) is 0.250. The first-order chi connectivity index (χ1) is 8.56. The Morgan fingerprint density at radius 2 is 2.11 bits per heavy atom. The van der Waals surface area contributed by atoms with Gasteiger partial charge in [0.2, 0.25) is 0 Å². The molecule has 0 unspecified atom stereocenters. The fourth-order valence-electron chi connectivity index (χ4n) is 1.66. The molecule has 0 saturated heterocycles. The van der Waals surface area contributed by atoms with Crippen LogP contribution < -0.4 is 5.06 Å². The number of benzene rings is 1. The van der Waals surface area contributed by atoms with Gasteiger partial charge in [-0.05, 0) is 18.6 Å². The molecule has 0 saturated carbocycles. The molecule has 1 heterocycles. The maximum absolute atomic E-state index is 11.7. The Kier molecular flexibility index (Phi) is 3.34. The second-order valence-corrected chi connectivity index (χ2v) is 4.18. The Hall–Kier alpha value is -1.88. The Bertz CT molecular complexity index is 541. The summed E-state index contributed by atoms with van der Waals surface area (Å²) in [5.74, 6) is -2.23. The van der Waals surface area contributed by atoms with Crippen LogP contribution in [-0.2, 0) is 14.4 Å². The molecule has 0 fully saturated rings. The van der Waals surface area contributed by atoms with E-state index in [4.69, 9.17) is 16.4 Å². The smallest absolute Gasteiger partial charge is 0.333 e. The number of carbonyl (C=O) groups excluding carboxylic acids is 3. The Morgan fingerprint density at radius 1 is 1.39 bits per heavy atom. The van der Waals surface area contributed by atoms with Gasteiger partial charge in [0.25, 0.3) is 5.78 Å². The highest BCUT2D eigenvalue weighted by Crippen LogP contribution is 2.34. The van der Waals surface area contributed by atoms with E-state index in [0.717, 1.165) is 0 Å². The molecule has 0 aliphatic carbocycles. The first-order valence-corrected chi connectivity index (χ1v) is 5.82. The zero-order valence-electron chi connectivity index (χ0n) is 9.60. The largest absolute Gasteiger partial charge is 0.333 e. The van der Waals surface area contributed by atoms with Gasteiger partial charge in [0.1, 0.15) is 0 Å². The van der Waals surface area contributed by atoms with Crippen LogP contribution in [0, 0.1) is 0 Å². The highest BCUT2D eigenvalue weighted by molar-refractivity contribution is 6.54. The quantitative estimate of drug-likeness (QED) is 0.787. The predicted molar refractivity (Wildman–Crippen MR) is 64.3 cm³/mol. The van der Waals surface area contributed by atoms with E-state index < -0.39 is 17.7 Å². The molecule has 2 rings (SSSR count). The van der Waals surface area contributed by atoms with Gasteiger partial charge in [0.15, 0.2) is 0 Å². The average Bonchev–Trinajstić information content (AvgIpc) is 2.56. The molecule has 0 spiro atoms. The number of ketones is 1. The minimum Gasteiger partial charge on any atom is -0.333 e. The highest BCUT2D eigenvalue weighted by atomic mass is 35.5. The van der Waals surface area contributed by atoms with Crippen LogP contribution in [0.3, 0.4) is 0 Å². The van der Waals surface area contributed by atoms with Crippen molar-refractivity contribution in [2.45, 2.75) is 19.8 Å². The Balaban J connectivity index is 2.35. The fourth-order valence-corrected chi connectivity index (χ4v) is 1.91. The number of anilines is 1. The molecule has 1 aliphatic rings. The summed E-state index contributed by atoms with van der Waals surface area (Å²) in [7, 11) is 0. The van der Waals surface area contributed by atoms with E-state index in [1.54, 1.807) is 6.07 Å². The van der Waals surface area contributed by atoms with Crippen LogP contribution in [0.4, 0.5) is 5.69 Å². The molecule has 0 N–H and O–H groups in total. The monoisotopic (exact) mass is 267 g/mol. The maximum Gasteiger partial charge on any atom is 0.333 e. The third-order valence-electron chi connectivity index (χ3n) is 2.46. The Morgan fingerprint density at radius 3 is 2.78 bits per heavy atom. The standard InChI is InChI=1S/C12H10ClNO4/c1-2-4-9(15)18-14-8-6-3-5-7(13)10(8)11(16)12(14)17/h3,5-6H,2,4H2,1H3. The van der Waals surface area contributed by atoms with Crippen molar-refractivity contribution in [1.29, 1.82) is 0 Å². The molecule has 1 aromatic carbocycles. The number of hydrogen-bond donors (Lipinski definition) is 0. The summed E-state index contributed by atoms with van der Waals surface area (Å²) in [5.41, 5.74) is 0.287. The van der Waals surface area contributed by atoms with Gasteiger partial charge >= 0.3 is 11.9 Å². The first-order valence-electron chi connectivity index (χ1n) is 5.44. The normalized spacial score (nSPS) is 13.8. The van der Waals surface area contributed by atoms with E-state index >= 15 is 0 Å². The summed E-state index contributed by atoms with van der Waals surface area (Å²) < 4.78 is 0. The second-order valence-electron chi connectivity index (χ2n) is 3.78. The van der Waals surface area contributed by atoms with Crippen molar-refractivity contribution in [2.75, 3.05) is 5.06 Å². The van der Waals surface area contributed by atoms with Crippen LogP contribution in [0.15, 0.2) is 18.2 Å². The lowest BCUT2D eigenvalue weighted by Gasteiger charge is -2.14. The molecule has 1 amide bonds. The number of carbonyl (C=O) groups is 3. The Labute approximate surface area is 108 Å². The van der Waals surface area contributed by atoms with Crippen molar-refractivity contribution in [2.24, 2.45) is 0 Å². The van der Waals surface area contributed by atoms with Gasteiger partial charge in [-0.25, -0.2) is 4.79 Å². The van der Waals surface area contributed by atoms with Gasteiger partial charge in [-0.2, -0.15) is 0 Å². The molecule has 6 heteroatoms. The number of hydrogen-bond acceptors (Lipinski definition) is 4. The van der Waals surface area contributed by atoms with Crippen molar-refractivity contribution < 1.29 is 19.2 Å². The van der Waals surface area contributed by atoms with E-state index in [9.17, 15) is 14.4 Å². The van der Waals surface area contributed by atoms with Crippen molar-refractivity contribution in [3.05, 3.63) is 28.8 Å². The minimum atomic E-state index is -0.900. The molecule has 0 atom stereocenters. The van der Waals surface area contributed by atoms with Gasteiger partial charge in [-0.1, -0.05) is 24.6 Å². The number of halogens is 1. The SMILES string of the molecule is CCCC(=O)ON1C(=O)C(=O)c2c(Cl)cccc21. The molecule has 1 aliphatic heterocycles. The zero-order chi connectivity index (χ0) is 13.3. The summed E-state index contributed by atoms with van der Waals surface area (Å²) in [4.78, 5) is 39.7. The van der Waals surface area contributed by atoms with Gasteiger partial charge in [0, 0.05) is 6.42 Å². The molecule has 1 aromatic rings. The number of amides is 1. The van der Waals surface area contributed by atoms with Crippen LogP contribution in [0.5, 0.6) is 0 Å². The number of nitrogens with zero attached hydrogens (tertiary/aromatic N) is 1. The van der Waals surface area contributed by atoms with E-state index in [1.807, 2.05) is 6.92 Å². The third-order valence-corrected chi connectivity index (χ3v) is 2.78. The number of rotatable bonds is 3. The minimum absolute atomic E-state index is 0.0773. The van der Waals surface area contributed by atoms with Gasteiger partial charge in [-0.3, -0.25) is 9.59 Å². The van der Waals surface area contributed by atoms with Crippen LogP contribution in [0.25, 0.3) is 0 Å². The van der Waals surface area contributed by atoms with Crippen molar-refractivity contribution in [1.82, 2.24) is 0 Å². The van der Waals surface area contributed by atoms with Crippen LogP contribution in [0.2, 0.25) is 5.02 Å². The van der Waals surface area contributed by atoms with Crippen molar-refractivity contribution in [3.8, 4) is 0 Å². The van der Waals surface area contributed by atoms with Crippen LogP contribution in [0.1, 0.15) is 30.1 Å². The van der Waals surface area contributed by atoms with Crippen LogP contribution in [-0.4, -0.2) is 17.7 Å².